The molecule has 1 saturated heterocycles. The van der Waals surface area contributed by atoms with Crippen molar-refractivity contribution < 1.29 is 4.79 Å². The zero-order valence-electron chi connectivity index (χ0n) is 12.4. The number of hydrogen-bond acceptors (Lipinski definition) is 3. The van der Waals surface area contributed by atoms with Crippen LogP contribution in [0.4, 0.5) is 5.69 Å². The highest BCUT2D eigenvalue weighted by atomic mass is 35.5. The van der Waals surface area contributed by atoms with Crippen LogP contribution >= 0.6 is 11.6 Å². The number of benzene rings is 1. The monoisotopic (exact) mass is 307 g/mol. The maximum absolute atomic E-state index is 12.1. The van der Waals surface area contributed by atoms with Crippen molar-refractivity contribution in [1.82, 2.24) is 10.2 Å². The van der Waals surface area contributed by atoms with E-state index in [1.807, 2.05) is 25.1 Å². The first kappa shape index (κ1) is 14.7. The van der Waals surface area contributed by atoms with Crippen LogP contribution in [-0.4, -0.2) is 49.1 Å². The lowest BCUT2D eigenvalue weighted by atomic mass is 10.2. The minimum atomic E-state index is -0.0426. The maximum atomic E-state index is 12.1. The van der Waals surface area contributed by atoms with E-state index in [0.717, 1.165) is 49.7 Å². The number of hydrogen-bond donors (Lipinski definition) is 1. The zero-order chi connectivity index (χ0) is 14.8. The van der Waals surface area contributed by atoms with Crippen molar-refractivity contribution in [2.75, 3.05) is 31.1 Å². The van der Waals surface area contributed by atoms with Crippen LogP contribution in [0.2, 0.25) is 5.02 Å². The van der Waals surface area contributed by atoms with Gasteiger partial charge < -0.3 is 10.2 Å². The molecule has 1 aliphatic carbocycles. The third-order valence-corrected chi connectivity index (χ3v) is 4.68. The third kappa shape index (κ3) is 3.50. The number of piperazine rings is 1. The van der Waals surface area contributed by atoms with Gasteiger partial charge >= 0.3 is 0 Å². The van der Waals surface area contributed by atoms with Gasteiger partial charge in [0, 0.05) is 32.2 Å². The molecule has 3 rings (SSSR count). The van der Waals surface area contributed by atoms with Gasteiger partial charge in [-0.25, -0.2) is 0 Å². The number of carbonyl (C=O) groups is 1. The predicted octanol–water partition coefficient (Wildman–Crippen LogP) is 2.13. The van der Waals surface area contributed by atoms with Crippen LogP contribution in [0.1, 0.15) is 19.8 Å². The molecule has 1 aromatic rings. The van der Waals surface area contributed by atoms with Crippen molar-refractivity contribution >= 4 is 23.2 Å². The van der Waals surface area contributed by atoms with Gasteiger partial charge in [-0.1, -0.05) is 23.7 Å². The van der Waals surface area contributed by atoms with E-state index >= 15 is 0 Å². The molecular weight excluding hydrogens is 286 g/mol. The number of carbonyl (C=O) groups excluding carboxylic acids is 1. The third-order valence-electron chi connectivity index (χ3n) is 4.36. The standard InChI is InChI=1S/C16H22ClN3O/c1-12(16(21)18-13-6-7-13)19-8-10-20(11-9-19)15-5-3-2-4-14(15)17/h2-5,12-13H,6-11H2,1H3,(H,18,21)/t12-/m1/s1. The highest BCUT2D eigenvalue weighted by Gasteiger charge is 2.30. The number of amides is 1. The minimum Gasteiger partial charge on any atom is -0.368 e. The SMILES string of the molecule is C[C@H](C(=O)NC1CC1)N1CCN(c2ccccc2Cl)CC1. The van der Waals surface area contributed by atoms with E-state index in [1.165, 1.54) is 0 Å². The highest BCUT2D eigenvalue weighted by molar-refractivity contribution is 6.33. The summed E-state index contributed by atoms with van der Waals surface area (Å²) in [6.07, 6.45) is 2.28. The predicted molar refractivity (Wildman–Crippen MR) is 85.9 cm³/mol. The van der Waals surface area contributed by atoms with Crippen molar-refractivity contribution in [3.8, 4) is 0 Å². The average molecular weight is 308 g/mol. The highest BCUT2D eigenvalue weighted by Crippen LogP contribution is 2.26. The summed E-state index contributed by atoms with van der Waals surface area (Å²) in [7, 11) is 0. The molecule has 0 bridgehead atoms. The van der Waals surface area contributed by atoms with E-state index in [0.29, 0.717) is 6.04 Å². The number of halogens is 1. The molecule has 5 heteroatoms. The first-order valence-electron chi connectivity index (χ1n) is 7.69. The van der Waals surface area contributed by atoms with Gasteiger partial charge in [0.05, 0.1) is 16.8 Å². The van der Waals surface area contributed by atoms with E-state index in [1.54, 1.807) is 0 Å². The Morgan fingerprint density at radius 3 is 2.52 bits per heavy atom. The van der Waals surface area contributed by atoms with Crippen molar-refractivity contribution in [1.29, 1.82) is 0 Å². The quantitative estimate of drug-likeness (QED) is 0.925. The normalized spacial score (nSPS) is 21.1. The number of nitrogens with zero attached hydrogens (tertiary/aromatic N) is 2. The van der Waals surface area contributed by atoms with Gasteiger partial charge in [0.2, 0.25) is 5.91 Å². The average Bonchev–Trinajstić information content (AvgIpc) is 3.31. The lowest BCUT2D eigenvalue weighted by molar-refractivity contribution is -0.126. The van der Waals surface area contributed by atoms with Gasteiger partial charge in [0.1, 0.15) is 0 Å². The summed E-state index contributed by atoms with van der Waals surface area (Å²) in [5.41, 5.74) is 1.09. The Balaban J connectivity index is 1.54. The number of anilines is 1. The van der Waals surface area contributed by atoms with Crippen LogP contribution in [-0.2, 0) is 4.79 Å². The fourth-order valence-electron chi connectivity index (χ4n) is 2.77. The van der Waals surface area contributed by atoms with Crippen LogP contribution < -0.4 is 10.2 Å². The van der Waals surface area contributed by atoms with E-state index in [2.05, 4.69) is 21.2 Å². The Kier molecular flexibility index (Phi) is 4.36. The molecule has 21 heavy (non-hydrogen) atoms. The molecule has 0 radical (unpaired) electrons. The molecule has 1 aliphatic heterocycles. The van der Waals surface area contributed by atoms with E-state index < -0.39 is 0 Å². The van der Waals surface area contributed by atoms with Crippen molar-refractivity contribution in [3.05, 3.63) is 29.3 Å². The van der Waals surface area contributed by atoms with Gasteiger partial charge in [-0.3, -0.25) is 9.69 Å². The molecule has 1 heterocycles. The number of para-hydroxylation sites is 1. The summed E-state index contributed by atoms with van der Waals surface area (Å²) in [5, 5.41) is 3.88. The summed E-state index contributed by atoms with van der Waals surface area (Å²) in [6, 6.07) is 8.34. The molecule has 0 unspecified atom stereocenters. The van der Waals surface area contributed by atoms with Gasteiger partial charge in [0.15, 0.2) is 0 Å². The lowest BCUT2D eigenvalue weighted by Gasteiger charge is -2.38. The molecule has 1 amide bonds. The molecule has 4 nitrogen and oxygen atoms in total. The first-order valence-corrected chi connectivity index (χ1v) is 8.07. The maximum Gasteiger partial charge on any atom is 0.237 e. The van der Waals surface area contributed by atoms with E-state index in [9.17, 15) is 4.79 Å². The minimum absolute atomic E-state index is 0.0426. The second kappa shape index (κ2) is 6.24. The van der Waals surface area contributed by atoms with Gasteiger partial charge in [-0.2, -0.15) is 0 Å². The lowest BCUT2D eigenvalue weighted by Crippen LogP contribution is -2.54. The van der Waals surface area contributed by atoms with Gasteiger partial charge in [-0.15, -0.1) is 0 Å². The molecule has 1 saturated carbocycles. The summed E-state index contributed by atoms with van der Waals surface area (Å²) in [5.74, 6) is 0.170. The smallest absolute Gasteiger partial charge is 0.237 e. The summed E-state index contributed by atoms with van der Waals surface area (Å²) >= 11 is 6.25. The molecule has 0 aromatic heterocycles. The zero-order valence-corrected chi connectivity index (χ0v) is 13.1. The summed E-state index contributed by atoms with van der Waals surface area (Å²) in [6.45, 7) is 5.60. The fraction of sp³-hybridized carbons (Fsp3) is 0.562. The Morgan fingerprint density at radius 1 is 1.24 bits per heavy atom. The van der Waals surface area contributed by atoms with Crippen LogP contribution in [0.3, 0.4) is 0 Å². The van der Waals surface area contributed by atoms with Crippen LogP contribution in [0, 0.1) is 0 Å². The van der Waals surface area contributed by atoms with Crippen molar-refractivity contribution in [2.45, 2.75) is 31.8 Å². The second-order valence-electron chi connectivity index (χ2n) is 5.93. The number of nitrogens with one attached hydrogen (secondary N) is 1. The van der Waals surface area contributed by atoms with Crippen LogP contribution in [0.15, 0.2) is 24.3 Å². The van der Waals surface area contributed by atoms with Crippen LogP contribution in [0.25, 0.3) is 0 Å². The van der Waals surface area contributed by atoms with E-state index in [-0.39, 0.29) is 11.9 Å². The largest absolute Gasteiger partial charge is 0.368 e. The molecule has 1 aromatic carbocycles. The molecular formula is C16H22ClN3O. The van der Waals surface area contributed by atoms with Gasteiger partial charge in [0.25, 0.3) is 0 Å². The summed E-state index contributed by atoms with van der Waals surface area (Å²) in [4.78, 5) is 16.7. The van der Waals surface area contributed by atoms with Gasteiger partial charge in [-0.05, 0) is 31.9 Å². The Hall–Kier alpha value is -1.26. The molecule has 1 N–H and O–H groups in total. The summed E-state index contributed by atoms with van der Waals surface area (Å²) < 4.78 is 0. The Labute approximate surface area is 131 Å². The molecule has 2 aliphatic rings. The Bertz CT molecular complexity index is 510. The van der Waals surface area contributed by atoms with E-state index in [4.69, 9.17) is 11.6 Å². The number of rotatable bonds is 4. The topological polar surface area (TPSA) is 35.6 Å². The molecule has 1 atom stereocenters. The fourth-order valence-corrected chi connectivity index (χ4v) is 3.03. The van der Waals surface area contributed by atoms with Crippen LogP contribution in [0.5, 0.6) is 0 Å². The molecule has 114 valence electrons. The molecule has 0 spiro atoms. The second-order valence-corrected chi connectivity index (χ2v) is 6.34. The van der Waals surface area contributed by atoms with Crippen molar-refractivity contribution in [2.24, 2.45) is 0 Å². The Morgan fingerprint density at radius 2 is 1.90 bits per heavy atom. The first-order chi connectivity index (χ1) is 10.1. The van der Waals surface area contributed by atoms with Crippen molar-refractivity contribution in [3.63, 3.8) is 0 Å². The molecule has 2 fully saturated rings.